The molecule has 6 aromatic carbocycles. The topological polar surface area (TPSA) is 12.9 Å². The highest BCUT2D eigenvalue weighted by Gasteiger charge is 2.17. The van der Waals surface area contributed by atoms with E-state index in [9.17, 15) is 0 Å². The lowest BCUT2D eigenvalue weighted by atomic mass is 9.88. The van der Waals surface area contributed by atoms with Gasteiger partial charge in [0.2, 0.25) is 0 Å². The van der Waals surface area contributed by atoms with Crippen molar-refractivity contribution in [3.05, 3.63) is 91.0 Å². The van der Waals surface area contributed by atoms with Crippen molar-refractivity contribution >= 4 is 64.9 Å². The van der Waals surface area contributed by atoms with Crippen LogP contribution in [0.25, 0.3) is 64.9 Å². The fraction of sp³-hybridized carbons (Fsp3) is 0. The van der Waals surface area contributed by atoms with E-state index >= 15 is 0 Å². The molecule has 0 atom stereocenters. The minimum Gasteiger partial charge on any atom is -0.248 e. The highest BCUT2D eigenvalue weighted by atomic mass is 14.7. The van der Waals surface area contributed by atoms with Crippen molar-refractivity contribution < 1.29 is 0 Å². The first kappa shape index (κ1) is 14.4. The molecular formula is C27H15N. The number of aromatic nitrogens is 1. The number of fused-ring (bicyclic) bond motifs is 7. The molecule has 0 bridgehead atoms. The van der Waals surface area contributed by atoms with Gasteiger partial charge >= 0.3 is 0 Å². The second-order valence-electron chi connectivity index (χ2n) is 7.58. The minimum absolute atomic E-state index is 1.06. The molecule has 0 aliphatic rings. The summed E-state index contributed by atoms with van der Waals surface area (Å²) in [5.41, 5.74) is 2.14. The van der Waals surface area contributed by atoms with E-state index in [2.05, 4.69) is 91.0 Å². The van der Waals surface area contributed by atoms with Crippen LogP contribution in [0.5, 0.6) is 0 Å². The maximum absolute atomic E-state index is 5.09. The van der Waals surface area contributed by atoms with E-state index in [0.29, 0.717) is 0 Å². The van der Waals surface area contributed by atoms with Crippen LogP contribution in [0.2, 0.25) is 0 Å². The summed E-state index contributed by atoms with van der Waals surface area (Å²) in [5.74, 6) is 0. The van der Waals surface area contributed by atoms with Gasteiger partial charge in [0.05, 0.1) is 11.0 Å². The van der Waals surface area contributed by atoms with E-state index in [1.807, 2.05) is 0 Å². The molecule has 128 valence electrons. The zero-order valence-electron chi connectivity index (χ0n) is 15.1. The number of hydrogen-bond acceptors (Lipinski definition) is 1. The third-order valence-corrected chi connectivity index (χ3v) is 6.16. The van der Waals surface area contributed by atoms with Crippen LogP contribution in [0, 0.1) is 0 Å². The SMILES string of the molecule is c1ccc2c(c1)ccc1nc3ccc4cccc5c6ccccc6c(c12)c3c45. The lowest BCUT2D eigenvalue weighted by Crippen LogP contribution is -1.92. The molecule has 7 aromatic rings. The van der Waals surface area contributed by atoms with Crippen molar-refractivity contribution in [1.82, 2.24) is 4.98 Å². The molecule has 7 rings (SSSR count). The van der Waals surface area contributed by atoms with E-state index in [0.717, 1.165) is 11.0 Å². The molecule has 0 N–H and O–H groups in total. The Morgan fingerprint density at radius 1 is 0.357 bits per heavy atom. The monoisotopic (exact) mass is 353 g/mol. The largest absolute Gasteiger partial charge is 0.248 e. The highest BCUT2D eigenvalue weighted by Crippen LogP contribution is 2.44. The van der Waals surface area contributed by atoms with E-state index in [1.165, 1.54) is 53.9 Å². The molecule has 1 nitrogen and oxygen atoms in total. The van der Waals surface area contributed by atoms with Gasteiger partial charge in [0.1, 0.15) is 0 Å². The lowest BCUT2D eigenvalue weighted by molar-refractivity contribution is 1.52. The summed E-state index contributed by atoms with van der Waals surface area (Å²) in [6, 6.07) is 32.8. The Kier molecular flexibility index (Phi) is 2.54. The quantitative estimate of drug-likeness (QED) is 0.204. The summed E-state index contributed by atoms with van der Waals surface area (Å²) in [6.45, 7) is 0. The summed E-state index contributed by atoms with van der Waals surface area (Å²) >= 11 is 0. The van der Waals surface area contributed by atoms with Gasteiger partial charge in [-0.25, -0.2) is 4.98 Å². The number of rotatable bonds is 0. The molecule has 0 amide bonds. The molecule has 28 heavy (non-hydrogen) atoms. The highest BCUT2D eigenvalue weighted by molar-refractivity contribution is 6.39. The minimum atomic E-state index is 1.06. The van der Waals surface area contributed by atoms with Crippen LogP contribution in [0.15, 0.2) is 91.0 Å². The van der Waals surface area contributed by atoms with E-state index in [-0.39, 0.29) is 0 Å². The van der Waals surface area contributed by atoms with Gasteiger partial charge in [-0.15, -0.1) is 0 Å². The molecule has 0 unspecified atom stereocenters. The predicted molar refractivity (Wildman–Crippen MR) is 120 cm³/mol. The van der Waals surface area contributed by atoms with Crippen LogP contribution < -0.4 is 0 Å². The number of pyridine rings is 1. The molecule has 0 aliphatic carbocycles. The zero-order valence-corrected chi connectivity index (χ0v) is 15.1. The second-order valence-corrected chi connectivity index (χ2v) is 7.58. The van der Waals surface area contributed by atoms with Gasteiger partial charge in [-0.2, -0.15) is 0 Å². The third-order valence-electron chi connectivity index (χ3n) is 6.16. The van der Waals surface area contributed by atoms with Gasteiger partial charge in [0.25, 0.3) is 0 Å². The molecule has 0 fully saturated rings. The molecular weight excluding hydrogens is 338 g/mol. The lowest BCUT2D eigenvalue weighted by Gasteiger charge is -2.17. The average molecular weight is 353 g/mol. The van der Waals surface area contributed by atoms with Crippen molar-refractivity contribution in [2.45, 2.75) is 0 Å². The van der Waals surface area contributed by atoms with Gasteiger partial charge in [-0.05, 0) is 49.8 Å². The average Bonchev–Trinajstić information content (AvgIpc) is 2.77. The smallest absolute Gasteiger partial charge is 0.0722 e. The molecule has 1 heterocycles. The standard InChI is InChI=1S/C27H15N/c1-2-8-18-16(6-1)12-14-22-25(18)26-21-10-4-3-9-19(21)20-11-5-7-17-13-15-23(28-22)27(26)24(17)20/h1-15H. The normalized spacial score (nSPS) is 12.3. The van der Waals surface area contributed by atoms with Crippen molar-refractivity contribution in [3.8, 4) is 0 Å². The van der Waals surface area contributed by atoms with E-state index in [1.54, 1.807) is 0 Å². The Morgan fingerprint density at radius 2 is 0.964 bits per heavy atom. The molecule has 1 aromatic heterocycles. The van der Waals surface area contributed by atoms with Crippen LogP contribution >= 0.6 is 0 Å². The Balaban J connectivity index is 1.98. The van der Waals surface area contributed by atoms with Crippen molar-refractivity contribution in [3.63, 3.8) is 0 Å². The van der Waals surface area contributed by atoms with Crippen LogP contribution in [0.4, 0.5) is 0 Å². The summed E-state index contributed by atoms with van der Waals surface area (Å²) in [7, 11) is 0. The fourth-order valence-corrected chi connectivity index (χ4v) is 5.01. The number of hydrogen-bond donors (Lipinski definition) is 0. The summed E-state index contributed by atoms with van der Waals surface area (Å²) < 4.78 is 0. The van der Waals surface area contributed by atoms with Crippen LogP contribution in [-0.2, 0) is 0 Å². The van der Waals surface area contributed by atoms with E-state index < -0.39 is 0 Å². The maximum atomic E-state index is 5.09. The Bertz CT molecular complexity index is 1680. The Labute approximate surface area is 161 Å². The predicted octanol–water partition coefficient (Wildman–Crippen LogP) is 7.44. The first-order valence-electron chi connectivity index (χ1n) is 9.67. The van der Waals surface area contributed by atoms with Gasteiger partial charge in [-0.3, -0.25) is 0 Å². The van der Waals surface area contributed by atoms with Crippen LogP contribution in [0.1, 0.15) is 0 Å². The number of benzene rings is 6. The van der Waals surface area contributed by atoms with Crippen LogP contribution in [-0.4, -0.2) is 4.98 Å². The van der Waals surface area contributed by atoms with Gasteiger partial charge in [0, 0.05) is 16.2 Å². The van der Waals surface area contributed by atoms with Crippen molar-refractivity contribution in [1.29, 1.82) is 0 Å². The van der Waals surface area contributed by atoms with Gasteiger partial charge in [-0.1, -0.05) is 78.9 Å². The van der Waals surface area contributed by atoms with Gasteiger partial charge < -0.3 is 0 Å². The molecule has 1 heteroatoms. The fourth-order valence-electron chi connectivity index (χ4n) is 5.01. The van der Waals surface area contributed by atoms with E-state index in [4.69, 9.17) is 4.98 Å². The zero-order chi connectivity index (χ0) is 18.2. The third kappa shape index (κ3) is 1.65. The van der Waals surface area contributed by atoms with Crippen molar-refractivity contribution in [2.75, 3.05) is 0 Å². The first-order valence-corrected chi connectivity index (χ1v) is 9.67. The Morgan fingerprint density at radius 3 is 1.86 bits per heavy atom. The van der Waals surface area contributed by atoms with Crippen molar-refractivity contribution in [2.24, 2.45) is 0 Å². The Hall–Kier alpha value is -3.71. The summed E-state index contributed by atoms with van der Waals surface area (Å²) in [6.07, 6.45) is 0. The van der Waals surface area contributed by atoms with Crippen LogP contribution in [0.3, 0.4) is 0 Å². The first-order chi connectivity index (χ1) is 13.9. The molecule has 0 radical (unpaired) electrons. The summed E-state index contributed by atoms with van der Waals surface area (Å²) in [4.78, 5) is 5.09. The summed E-state index contributed by atoms with van der Waals surface area (Å²) in [5, 5.41) is 13.0. The molecule has 0 spiro atoms. The molecule has 0 saturated heterocycles. The molecule has 0 saturated carbocycles. The maximum Gasteiger partial charge on any atom is 0.0722 e. The number of nitrogens with zero attached hydrogens (tertiary/aromatic N) is 1. The molecule has 0 aliphatic heterocycles. The van der Waals surface area contributed by atoms with Gasteiger partial charge in [0.15, 0.2) is 0 Å². The second kappa shape index (κ2) is 4.96.